The molecule has 0 aromatic carbocycles. The fourth-order valence-electron chi connectivity index (χ4n) is 2.77. The summed E-state index contributed by atoms with van der Waals surface area (Å²) in [5, 5.41) is 0. The van der Waals surface area contributed by atoms with Crippen molar-refractivity contribution in [1.29, 1.82) is 0 Å². The van der Waals surface area contributed by atoms with Gasteiger partial charge >= 0.3 is 0 Å². The van der Waals surface area contributed by atoms with Gasteiger partial charge in [-0.1, -0.05) is 0 Å². The van der Waals surface area contributed by atoms with Crippen molar-refractivity contribution in [2.75, 3.05) is 33.4 Å². The Kier molecular flexibility index (Phi) is 5.59. The van der Waals surface area contributed by atoms with Crippen LogP contribution in [0.15, 0.2) is 0 Å². The number of likely N-dealkylation sites (N-methyl/N-ethyl adjacent to an activating group) is 1. The van der Waals surface area contributed by atoms with Gasteiger partial charge < -0.3 is 15.2 Å². The van der Waals surface area contributed by atoms with Crippen LogP contribution in [0, 0.1) is 0 Å². The summed E-state index contributed by atoms with van der Waals surface area (Å²) in [7, 11) is 2.15. The van der Waals surface area contributed by atoms with Gasteiger partial charge in [-0.2, -0.15) is 0 Å². The maximum Gasteiger partial charge on any atom is 0.0644 e. The van der Waals surface area contributed by atoms with Crippen LogP contribution in [0.4, 0.5) is 0 Å². The lowest BCUT2D eigenvalue weighted by atomic mass is 9.80. The Hall–Kier alpha value is -0.160. The first-order valence-electron chi connectivity index (χ1n) is 6.98. The highest BCUT2D eigenvalue weighted by molar-refractivity contribution is 4.98. The molecule has 1 heterocycles. The highest BCUT2D eigenvalue weighted by atomic mass is 16.5. The van der Waals surface area contributed by atoms with Crippen LogP contribution in [0.25, 0.3) is 0 Å². The van der Waals surface area contributed by atoms with Gasteiger partial charge in [0, 0.05) is 25.2 Å². The molecule has 0 spiro atoms. The molecule has 0 radical (unpaired) electrons. The van der Waals surface area contributed by atoms with Crippen molar-refractivity contribution in [2.45, 2.75) is 57.8 Å². The molecule has 4 nitrogen and oxygen atoms in total. The standard InChI is InChI=1S/C14H30N2O2/c1-12(2)17-9-7-16(5)14(11-15)6-8-18-13(3,4)10-14/h12H,6-11,15H2,1-5H3. The molecule has 0 saturated carbocycles. The van der Waals surface area contributed by atoms with Gasteiger partial charge in [-0.15, -0.1) is 0 Å². The molecule has 4 heteroatoms. The third-order valence-electron chi connectivity index (χ3n) is 3.88. The first kappa shape index (κ1) is 15.9. The Morgan fingerprint density at radius 3 is 2.56 bits per heavy atom. The van der Waals surface area contributed by atoms with Gasteiger partial charge in [0.2, 0.25) is 0 Å². The Morgan fingerprint density at radius 2 is 2.06 bits per heavy atom. The summed E-state index contributed by atoms with van der Waals surface area (Å²) in [6.45, 7) is 11.6. The van der Waals surface area contributed by atoms with E-state index in [4.69, 9.17) is 15.2 Å². The van der Waals surface area contributed by atoms with E-state index in [0.29, 0.717) is 12.6 Å². The number of hydrogen-bond donors (Lipinski definition) is 1. The van der Waals surface area contributed by atoms with Gasteiger partial charge in [0.25, 0.3) is 0 Å². The Labute approximate surface area is 112 Å². The Bertz CT molecular complexity index is 256. The molecular formula is C14H30N2O2. The highest BCUT2D eigenvalue weighted by Crippen LogP contribution is 2.35. The topological polar surface area (TPSA) is 47.7 Å². The summed E-state index contributed by atoms with van der Waals surface area (Å²) in [6, 6.07) is 0. The minimum absolute atomic E-state index is 0.0576. The lowest BCUT2D eigenvalue weighted by molar-refractivity contribution is -0.116. The fourth-order valence-corrected chi connectivity index (χ4v) is 2.77. The van der Waals surface area contributed by atoms with Crippen LogP contribution >= 0.6 is 0 Å². The highest BCUT2D eigenvalue weighted by Gasteiger charge is 2.42. The SMILES string of the molecule is CC(C)OCCN(C)C1(CN)CCOC(C)(C)C1. The minimum Gasteiger partial charge on any atom is -0.377 e. The minimum atomic E-state index is -0.0786. The third kappa shape index (κ3) is 4.19. The van der Waals surface area contributed by atoms with Gasteiger partial charge in [0.05, 0.1) is 18.3 Å². The molecule has 1 aliphatic rings. The lowest BCUT2D eigenvalue weighted by Gasteiger charge is -2.49. The third-order valence-corrected chi connectivity index (χ3v) is 3.88. The van der Waals surface area contributed by atoms with Gasteiger partial charge in [0.1, 0.15) is 0 Å². The molecule has 0 bridgehead atoms. The maximum absolute atomic E-state index is 6.05. The van der Waals surface area contributed by atoms with Crippen LogP contribution in [0.3, 0.4) is 0 Å². The molecule has 2 N–H and O–H groups in total. The van der Waals surface area contributed by atoms with E-state index in [2.05, 4.69) is 39.6 Å². The van der Waals surface area contributed by atoms with Gasteiger partial charge in [0.15, 0.2) is 0 Å². The maximum atomic E-state index is 6.05. The average molecular weight is 258 g/mol. The Morgan fingerprint density at radius 1 is 1.39 bits per heavy atom. The zero-order chi connectivity index (χ0) is 13.8. The predicted octanol–water partition coefficient (Wildman–Crippen LogP) is 1.63. The van der Waals surface area contributed by atoms with Crippen molar-refractivity contribution < 1.29 is 9.47 Å². The van der Waals surface area contributed by atoms with Crippen LogP contribution in [-0.4, -0.2) is 55.5 Å². The second kappa shape index (κ2) is 6.33. The van der Waals surface area contributed by atoms with Crippen LogP contribution in [-0.2, 0) is 9.47 Å². The molecule has 1 aliphatic heterocycles. The number of ether oxygens (including phenoxy) is 2. The normalized spacial score (nSPS) is 28.0. The first-order chi connectivity index (χ1) is 8.31. The lowest BCUT2D eigenvalue weighted by Crippen LogP contribution is -2.60. The molecule has 108 valence electrons. The molecule has 0 aromatic rings. The van der Waals surface area contributed by atoms with Gasteiger partial charge in [-0.3, -0.25) is 4.90 Å². The van der Waals surface area contributed by atoms with E-state index in [1.807, 2.05) is 0 Å². The summed E-state index contributed by atoms with van der Waals surface area (Å²) < 4.78 is 11.4. The summed E-state index contributed by atoms with van der Waals surface area (Å²) in [5.41, 5.74) is 6.03. The average Bonchev–Trinajstić information content (AvgIpc) is 2.26. The molecule has 1 saturated heterocycles. The molecule has 1 fully saturated rings. The molecule has 0 aliphatic carbocycles. The zero-order valence-electron chi connectivity index (χ0n) is 12.7. The molecule has 1 rings (SSSR count). The number of rotatable bonds is 6. The van der Waals surface area contributed by atoms with Gasteiger partial charge in [-0.25, -0.2) is 0 Å². The summed E-state index contributed by atoms with van der Waals surface area (Å²) in [4.78, 5) is 2.36. The molecule has 1 atom stereocenters. The predicted molar refractivity (Wildman–Crippen MR) is 74.8 cm³/mol. The summed E-state index contributed by atoms with van der Waals surface area (Å²) >= 11 is 0. The van der Waals surface area contributed by atoms with Crippen molar-refractivity contribution in [3.8, 4) is 0 Å². The van der Waals surface area contributed by atoms with E-state index in [9.17, 15) is 0 Å². The van der Waals surface area contributed by atoms with Crippen molar-refractivity contribution in [3.63, 3.8) is 0 Å². The smallest absolute Gasteiger partial charge is 0.0644 e. The Balaban J connectivity index is 2.57. The molecular weight excluding hydrogens is 228 g/mol. The number of nitrogens with zero attached hydrogens (tertiary/aromatic N) is 1. The summed E-state index contributed by atoms with van der Waals surface area (Å²) in [6.07, 6.45) is 2.28. The van der Waals surface area contributed by atoms with Crippen molar-refractivity contribution >= 4 is 0 Å². The van der Waals surface area contributed by atoms with E-state index in [0.717, 1.165) is 32.6 Å². The van der Waals surface area contributed by atoms with E-state index in [1.165, 1.54) is 0 Å². The fraction of sp³-hybridized carbons (Fsp3) is 1.00. The van der Waals surface area contributed by atoms with Crippen LogP contribution < -0.4 is 5.73 Å². The van der Waals surface area contributed by atoms with Crippen LogP contribution in [0.5, 0.6) is 0 Å². The summed E-state index contributed by atoms with van der Waals surface area (Å²) in [5.74, 6) is 0. The number of nitrogens with two attached hydrogens (primary N) is 1. The quantitative estimate of drug-likeness (QED) is 0.786. The largest absolute Gasteiger partial charge is 0.377 e. The molecule has 0 amide bonds. The van der Waals surface area contributed by atoms with E-state index < -0.39 is 0 Å². The molecule has 18 heavy (non-hydrogen) atoms. The first-order valence-corrected chi connectivity index (χ1v) is 6.98. The van der Waals surface area contributed by atoms with E-state index in [-0.39, 0.29) is 11.1 Å². The van der Waals surface area contributed by atoms with Gasteiger partial charge in [-0.05, 0) is 47.6 Å². The van der Waals surface area contributed by atoms with Crippen molar-refractivity contribution in [2.24, 2.45) is 5.73 Å². The van der Waals surface area contributed by atoms with E-state index >= 15 is 0 Å². The molecule has 0 aromatic heterocycles. The van der Waals surface area contributed by atoms with E-state index in [1.54, 1.807) is 0 Å². The number of hydrogen-bond acceptors (Lipinski definition) is 4. The second-order valence-electron chi connectivity index (χ2n) is 6.30. The van der Waals surface area contributed by atoms with Crippen molar-refractivity contribution in [3.05, 3.63) is 0 Å². The molecule has 1 unspecified atom stereocenters. The van der Waals surface area contributed by atoms with Crippen molar-refractivity contribution in [1.82, 2.24) is 4.90 Å². The van der Waals surface area contributed by atoms with Crippen LogP contribution in [0.1, 0.15) is 40.5 Å². The van der Waals surface area contributed by atoms with Crippen LogP contribution in [0.2, 0.25) is 0 Å². The monoisotopic (exact) mass is 258 g/mol. The second-order valence-corrected chi connectivity index (χ2v) is 6.30. The zero-order valence-corrected chi connectivity index (χ0v) is 12.7.